The lowest BCUT2D eigenvalue weighted by molar-refractivity contribution is -0.00581. The van der Waals surface area contributed by atoms with Crippen LogP contribution in [0.15, 0.2) is 18.2 Å². The maximum atomic E-state index is 12.4. The molecule has 1 aromatic carbocycles. The van der Waals surface area contributed by atoms with Crippen molar-refractivity contribution in [2.45, 2.75) is 25.5 Å². The lowest BCUT2D eigenvalue weighted by Gasteiger charge is -2.32. The van der Waals surface area contributed by atoms with Crippen molar-refractivity contribution in [3.63, 3.8) is 0 Å². The second-order valence-corrected chi connectivity index (χ2v) is 6.57. The Morgan fingerprint density at radius 2 is 2.36 bits per heavy atom. The number of rotatable bonds is 5. The zero-order chi connectivity index (χ0) is 17.8. The molecule has 1 fully saturated rings. The normalized spacial score (nSPS) is 17.9. The number of likely N-dealkylation sites (tertiary alicyclic amines) is 1. The number of hydrogen-bond donors (Lipinski definition) is 2. The fraction of sp³-hybridized carbons (Fsp3) is 0.529. The number of nitrogens with one attached hydrogen (secondary N) is 1. The number of nitrogens with zero attached hydrogens (tertiary/aromatic N) is 3. The summed E-state index contributed by atoms with van der Waals surface area (Å²) < 4.78 is 7.45. The maximum absolute atomic E-state index is 12.4. The number of carbonyl (C=O) groups is 1. The van der Waals surface area contributed by atoms with Gasteiger partial charge in [-0.1, -0.05) is 17.7 Å². The number of aliphatic hydroxyl groups is 1. The molecule has 1 aliphatic rings. The number of amides is 2. The van der Waals surface area contributed by atoms with Gasteiger partial charge in [-0.25, -0.2) is 9.78 Å². The molecule has 136 valence electrons. The van der Waals surface area contributed by atoms with Crippen molar-refractivity contribution in [1.29, 1.82) is 0 Å². The summed E-state index contributed by atoms with van der Waals surface area (Å²) in [6, 6.07) is 5.46. The molecule has 7 nitrogen and oxygen atoms in total. The van der Waals surface area contributed by atoms with Crippen LogP contribution in [0.3, 0.4) is 0 Å². The van der Waals surface area contributed by atoms with Gasteiger partial charge in [0.25, 0.3) is 0 Å². The fourth-order valence-corrected chi connectivity index (χ4v) is 3.47. The summed E-state index contributed by atoms with van der Waals surface area (Å²) in [6.45, 7) is 1.89. The molecule has 3 rings (SSSR count). The van der Waals surface area contributed by atoms with E-state index in [0.717, 1.165) is 29.7 Å². The van der Waals surface area contributed by atoms with E-state index >= 15 is 0 Å². The van der Waals surface area contributed by atoms with Gasteiger partial charge in [0.15, 0.2) is 0 Å². The van der Waals surface area contributed by atoms with Gasteiger partial charge >= 0.3 is 6.03 Å². The van der Waals surface area contributed by atoms with Crippen LogP contribution in [0.25, 0.3) is 11.0 Å². The molecule has 0 aliphatic carbocycles. The first-order valence-electron chi connectivity index (χ1n) is 8.45. The van der Waals surface area contributed by atoms with E-state index in [4.69, 9.17) is 21.4 Å². The van der Waals surface area contributed by atoms with Crippen molar-refractivity contribution < 1.29 is 14.6 Å². The van der Waals surface area contributed by atoms with E-state index in [1.807, 2.05) is 29.8 Å². The average Bonchev–Trinajstić information content (AvgIpc) is 2.95. The number of hydrogen-bond acceptors (Lipinski definition) is 4. The number of aromatic nitrogens is 2. The van der Waals surface area contributed by atoms with Crippen molar-refractivity contribution >= 4 is 28.7 Å². The van der Waals surface area contributed by atoms with E-state index < -0.39 is 0 Å². The van der Waals surface area contributed by atoms with Gasteiger partial charge < -0.3 is 24.6 Å². The van der Waals surface area contributed by atoms with E-state index in [1.54, 1.807) is 4.90 Å². The first-order valence-corrected chi connectivity index (χ1v) is 8.83. The molecule has 2 amide bonds. The Hall–Kier alpha value is -1.83. The number of aliphatic hydroxyl groups excluding tert-OH is 1. The van der Waals surface area contributed by atoms with Crippen LogP contribution >= 0.6 is 11.6 Å². The minimum Gasteiger partial charge on any atom is -0.394 e. The number of ether oxygens (including phenoxy) is 1. The van der Waals surface area contributed by atoms with Crippen molar-refractivity contribution in [3.05, 3.63) is 29.0 Å². The number of urea groups is 1. The Balaban J connectivity index is 1.61. The number of para-hydroxylation sites is 1. The van der Waals surface area contributed by atoms with E-state index in [-0.39, 0.29) is 18.7 Å². The summed E-state index contributed by atoms with van der Waals surface area (Å²) in [6.07, 6.45) is 1.79. The second kappa shape index (κ2) is 8.03. The molecule has 0 saturated carbocycles. The van der Waals surface area contributed by atoms with E-state index in [0.29, 0.717) is 31.3 Å². The minimum absolute atomic E-state index is 0.00201. The molecular formula is C17H23ClN4O3. The van der Waals surface area contributed by atoms with Crippen LogP contribution < -0.4 is 5.32 Å². The molecule has 1 aliphatic heterocycles. The van der Waals surface area contributed by atoms with Crippen LogP contribution in [-0.4, -0.2) is 58.0 Å². The minimum atomic E-state index is -0.129. The zero-order valence-corrected chi connectivity index (χ0v) is 15.0. The summed E-state index contributed by atoms with van der Waals surface area (Å²) in [4.78, 5) is 18.7. The lowest BCUT2D eigenvalue weighted by atomic mass is 10.1. The molecule has 0 spiro atoms. The predicted octanol–water partition coefficient (Wildman–Crippen LogP) is 1.91. The predicted molar refractivity (Wildman–Crippen MR) is 95.6 cm³/mol. The number of carbonyl (C=O) groups excluding carboxylic acids is 1. The molecule has 1 saturated heterocycles. The van der Waals surface area contributed by atoms with Crippen molar-refractivity contribution in [2.75, 3.05) is 26.3 Å². The molecule has 2 heterocycles. The van der Waals surface area contributed by atoms with Crippen LogP contribution in [0.1, 0.15) is 18.7 Å². The number of benzene rings is 1. The van der Waals surface area contributed by atoms with Crippen LogP contribution in [0.4, 0.5) is 4.79 Å². The lowest BCUT2D eigenvalue weighted by Crippen LogP contribution is -2.47. The Morgan fingerprint density at radius 3 is 3.12 bits per heavy atom. The fourth-order valence-electron chi connectivity index (χ4n) is 3.17. The van der Waals surface area contributed by atoms with E-state index in [1.165, 1.54) is 0 Å². The second-order valence-electron chi connectivity index (χ2n) is 6.16. The number of imidazole rings is 1. The summed E-state index contributed by atoms with van der Waals surface area (Å²) in [5.74, 6) is 0.751. The van der Waals surface area contributed by atoms with Crippen LogP contribution in [0, 0.1) is 0 Å². The molecule has 2 N–H and O–H groups in total. The van der Waals surface area contributed by atoms with Gasteiger partial charge in [-0.15, -0.1) is 0 Å². The topological polar surface area (TPSA) is 79.6 Å². The van der Waals surface area contributed by atoms with Crippen LogP contribution in [0.5, 0.6) is 0 Å². The number of fused-ring (bicyclic) bond motifs is 1. The largest absolute Gasteiger partial charge is 0.394 e. The third-order valence-corrected chi connectivity index (χ3v) is 4.75. The first kappa shape index (κ1) is 18.0. The summed E-state index contributed by atoms with van der Waals surface area (Å²) in [5.41, 5.74) is 1.68. The van der Waals surface area contributed by atoms with E-state index in [2.05, 4.69) is 10.3 Å². The van der Waals surface area contributed by atoms with Gasteiger partial charge in [0, 0.05) is 20.1 Å². The Labute approximate surface area is 151 Å². The molecule has 1 aromatic heterocycles. The highest BCUT2D eigenvalue weighted by Gasteiger charge is 2.24. The number of aryl methyl sites for hydroxylation is 1. The monoisotopic (exact) mass is 366 g/mol. The van der Waals surface area contributed by atoms with Gasteiger partial charge in [-0.3, -0.25) is 0 Å². The third kappa shape index (κ3) is 4.05. The third-order valence-electron chi connectivity index (χ3n) is 4.45. The van der Waals surface area contributed by atoms with Crippen LogP contribution in [-0.2, 0) is 18.3 Å². The summed E-state index contributed by atoms with van der Waals surface area (Å²) in [7, 11) is 1.89. The van der Waals surface area contributed by atoms with Gasteiger partial charge in [0.05, 0.1) is 41.9 Å². The maximum Gasteiger partial charge on any atom is 0.317 e. The van der Waals surface area contributed by atoms with Crippen LogP contribution in [0.2, 0.25) is 5.02 Å². The molecule has 0 radical (unpaired) electrons. The molecule has 2 aromatic rings. The Morgan fingerprint density at radius 1 is 1.52 bits per heavy atom. The van der Waals surface area contributed by atoms with Gasteiger partial charge in [0.1, 0.15) is 5.82 Å². The number of piperidine rings is 1. The SMILES string of the molecule is Cn1c(CNC(=O)N2CCCC(OCCO)C2)nc2cccc(Cl)c21. The first-order chi connectivity index (χ1) is 12.1. The highest BCUT2D eigenvalue weighted by atomic mass is 35.5. The number of halogens is 1. The van der Waals surface area contributed by atoms with Gasteiger partial charge in [-0.05, 0) is 25.0 Å². The standard InChI is InChI=1S/C17H23ClN4O3/c1-21-15(20-14-6-2-5-13(18)16(14)21)10-19-17(24)22-7-3-4-12(11-22)25-9-8-23/h2,5-6,12,23H,3-4,7-11H2,1H3,(H,19,24). The molecule has 8 heteroatoms. The van der Waals surface area contributed by atoms with Crippen molar-refractivity contribution in [1.82, 2.24) is 19.8 Å². The highest BCUT2D eigenvalue weighted by molar-refractivity contribution is 6.35. The Bertz CT molecular complexity index is 749. The Kier molecular flexibility index (Phi) is 5.78. The summed E-state index contributed by atoms with van der Waals surface area (Å²) in [5, 5.41) is 12.4. The van der Waals surface area contributed by atoms with Gasteiger partial charge in [-0.2, -0.15) is 0 Å². The summed E-state index contributed by atoms with van der Waals surface area (Å²) >= 11 is 6.23. The van der Waals surface area contributed by atoms with E-state index in [9.17, 15) is 4.79 Å². The zero-order valence-electron chi connectivity index (χ0n) is 14.2. The molecule has 0 bridgehead atoms. The quantitative estimate of drug-likeness (QED) is 0.847. The molecular weight excluding hydrogens is 344 g/mol. The molecule has 25 heavy (non-hydrogen) atoms. The van der Waals surface area contributed by atoms with Gasteiger partial charge in [0.2, 0.25) is 0 Å². The smallest absolute Gasteiger partial charge is 0.317 e. The van der Waals surface area contributed by atoms with Crippen molar-refractivity contribution in [2.24, 2.45) is 7.05 Å². The highest BCUT2D eigenvalue weighted by Crippen LogP contribution is 2.23. The molecule has 1 unspecified atom stereocenters. The van der Waals surface area contributed by atoms with Crippen molar-refractivity contribution in [3.8, 4) is 0 Å². The average molecular weight is 367 g/mol. The molecule has 1 atom stereocenters.